The molecule has 5 nitrogen and oxygen atoms in total. The first-order chi connectivity index (χ1) is 13.1. The number of nitrogens with zero attached hydrogens (tertiary/aromatic N) is 1. The van der Waals surface area contributed by atoms with Crippen molar-refractivity contribution in [1.82, 2.24) is 4.98 Å². The fourth-order valence-corrected chi connectivity index (χ4v) is 3.80. The number of rotatable bonds is 7. The summed E-state index contributed by atoms with van der Waals surface area (Å²) in [5.41, 5.74) is 1.45. The molecule has 0 spiro atoms. The molecule has 27 heavy (non-hydrogen) atoms. The molecule has 0 unspecified atom stereocenters. The van der Waals surface area contributed by atoms with Crippen molar-refractivity contribution < 1.29 is 18.7 Å². The van der Waals surface area contributed by atoms with Gasteiger partial charge in [0.25, 0.3) is 0 Å². The molecule has 0 saturated carbocycles. The lowest BCUT2D eigenvalue weighted by atomic mass is 10.1. The standard InChI is InChI=1S/C19H17FN2O3S2/c1-24-12-7-8-16(25-2)13(9-12)15-10-27-19(21-15)22-18(23)11-26-17-6-4-3-5-14(17)20/h3-10H,11H2,1-2H3,(H,21,22,23). The van der Waals surface area contributed by atoms with Crippen LogP contribution in [-0.2, 0) is 4.79 Å². The van der Waals surface area contributed by atoms with E-state index in [0.29, 0.717) is 27.2 Å². The third kappa shape index (κ3) is 4.78. The number of methoxy groups -OCH3 is 2. The zero-order valence-electron chi connectivity index (χ0n) is 14.7. The fraction of sp³-hybridized carbons (Fsp3) is 0.158. The van der Waals surface area contributed by atoms with Crippen LogP contribution in [0.1, 0.15) is 0 Å². The second-order valence-electron chi connectivity index (χ2n) is 5.37. The molecule has 140 valence electrons. The molecule has 0 aliphatic rings. The Morgan fingerprint density at radius 2 is 2.04 bits per heavy atom. The van der Waals surface area contributed by atoms with Gasteiger partial charge in [-0.05, 0) is 30.3 Å². The summed E-state index contributed by atoms with van der Waals surface area (Å²) in [6.07, 6.45) is 0. The lowest BCUT2D eigenvalue weighted by Crippen LogP contribution is -2.13. The lowest BCUT2D eigenvalue weighted by molar-refractivity contribution is -0.113. The number of thioether (sulfide) groups is 1. The predicted molar refractivity (Wildman–Crippen MR) is 106 cm³/mol. The Balaban J connectivity index is 1.67. The highest BCUT2D eigenvalue weighted by Crippen LogP contribution is 2.35. The monoisotopic (exact) mass is 404 g/mol. The summed E-state index contributed by atoms with van der Waals surface area (Å²) in [4.78, 5) is 17.0. The topological polar surface area (TPSA) is 60.5 Å². The molecule has 1 aromatic heterocycles. The molecule has 0 atom stereocenters. The van der Waals surface area contributed by atoms with E-state index in [1.54, 1.807) is 44.6 Å². The number of carbonyl (C=O) groups excluding carboxylic acids is 1. The highest BCUT2D eigenvalue weighted by atomic mass is 32.2. The van der Waals surface area contributed by atoms with E-state index in [1.165, 1.54) is 17.4 Å². The van der Waals surface area contributed by atoms with Crippen LogP contribution in [0.4, 0.5) is 9.52 Å². The minimum atomic E-state index is -0.336. The van der Waals surface area contributed by atoms with Crippen molar-refractivity contribution in [3.05, 3.63) is 53.7 Å². The number of aromatic nitrogens is 1. The van der Waals surface area contributed by atoms with Gasteiger partial charge in [0.15, 0.2) is 5.13 Å². The molecule has 1 N–H and O–H groups in total. The van der Waals surface area contributed by atoms with Crippen molar-refractivity contribution in [1.29, 1.82) is 0 Å². The Kier molecular flexibility index (Phi) is 6.31. The number of carbonyl (C=O) groups is 1. The normalized spacial score (nSPS) is 10.5. The zero-order valence-corrected chi connectivity index (χ0v) is 16.3. The van der Waals surface area contributed by atoms with Crippen molar-refractivity contribution in [2.45, 2.75) is 4.90 Å². The van der Waals surface area contributed by atoms with E-state index in [4.69, 9.17) is 9.47 Å². The lowest BCUT2D eigenvalue weighted by Gasteiger charge is -2.08. The van der Waals surface area contributed by atoms with Gasteiger partial charge in [-0.3, -0.25) is 4.79 Å². The molecule has 0 fully saturated rings. The fourth-order valence-electron chi connectivity index (χ4n) is 2.33. The number of nitrogens with one attached hydrogen (secondary N) is 1. The van der Waals surface area contributed by atoms with Crippen LogP contribution in [0.2, 0.25) is 0 Å². The molecular formula is C19H17FN2O3S2. The highest BCUT2D eigenvalue weighted by molar-refractivity contribution is 8.00. The Morgan fingerprint density at radius 3 is 2.78 bits per heavy atom. The third-order valence-corrected chi connectivity index (χ3v) is 5.43. The number of thiazole rings is 1. The molecule has 0 bridgehead atoms. The number of halogens is 1. The van der Waals surface area contributed by atoms with Crippen molar-refractivity contribution >= 4 is 34.1 Å². The Bertz CT molecular complexity index is 946. The van der Waals surface area contributed by atoms with Crippen LogP contribution in [0.25, 0.3) is 11.3 Å². The van der Waals surface area contributed by atoms with Crippen molar-refractivity contribution in [3.8, 4) is 22.8 Å². The Morgan fingerprint density at radius 1 is 1.22 bits per heavy atom. The highest BCUT2D eigenvalue weighted by Gasteiger charge is 2.13. The van der Waals surface area contributed by atoms with Gasteiger partial charge in [-0.25, -0.2) is 9.37 Å². The second kappa shape index (κ2) is 8.88. The van der Waals surface area contributed by atoms with E-state index >= 15 is 0 Å². The van der Waals surface area contributed by atoms with Gasteiger partial charge >= 0.3 is 0 Å². The number of anilines is 1. The first-order valence-corrected chi connectivity index (χ1v) is 9.82. The van der Waals surface area contributed by atoms with Gasteiger partial charge < -0.3 is 14.8 Å². The average molecular weight is 404 g/mol. The molecule has 8 heteroatoms. The van der Waals surface area contributed by atoms with Gasteiger partial charge in [0.2, 0.25) is 5.91 Å². The number of benzene rings is 2. The first-order valence-electron chi connectivity index (χ1n) is 7.96. The van der Waals surface area contributed by atoms with Crippen LogP contribution < -0.4 is 14.8 Å². The van der Waals surface area contributed by atoms with E-state index in [1.807, 2.05) is 11.4 Å². The van der Waals surface area contributed by atoms with Crippen molar-refractivity contribution in [3.63, 3.8) is 0 Å². The van der Waals surface area contributed by atoms with Crippen molar-refractivity contribution in [2.75, 3.05) is 25.3 Å². The molecule has 1 amide bonds. The summed E-state index contributed by atoms with van der Waals surface area (Å²) in [6.45, 7) is 0. The van der Waals surface area contributed by atoms with E-state index in [2.05, 4.69) is 10.3 Å². The van der Waals surface area contributed by atoms with Crippen LogP contribution >= 0.6 is 23.1 Å². The van der Waals surface area contributed by atoms with Gasteiger partial charge in [0.05, 0.1) is 25.7 Å². The van der Waals surface area contributed by atoms with Crippen molar-refractivity contribution in [2.24, 2.45) is 0 Å². The minimum absolute atomic E-state index is 0.0956. The van der Waals surface area contributed by atoms with Gasteiger partial charge in [0.1, 0.15) is 17.3 Å². The molecule has 0 aliphatic carbocycles. The molecule has 3 rings (SSSR count). The zero-order chi connectivity index (χ0) is 19.2. The molecule has 0 radical (unpaired) electrons. The largest absolute Gasteiger partial charge is 0.497 e. The van der Waals surface area contributed by atoms with E-state index < -0.39 is 0 Å². The molecule has 1 heterocycles. The second-order valence-corrected chi connectivity index (χ2v) is 7.25. The van der Waals surface area contributed by atoms with Crippen LogP contribution in [0.5, 0.6) is 11.5 Å². The number of ether oxygens (including phenoxy) is 2. The number of hydrogen-bond acceptors (Lipinski definition) is 6. The summed E-state index contributed by atoms with van der Waals surface area (Å²) in [5, 5.41) is 5.04. The van der Waals surface area contributed by atoms with E-state index in [-0.39, 0.29) is 17.5 Å². The summed E-state index contributed by atoms with van der Waals surface area (Å²) in [7, 11) is 3.17. The molecule has 0 saturated heterocycles. The molecule has 2 aromatic carbocycles. The number of amides is 1. The number of hydrogen-bond donors (Lipinski definition) is 1. The maximum atomic E-state index is 13.6. The van der Waals surface area contributed by atoms with Gasteiger partial charge in [0, 0.05) is 15.8 Å². The SMILES string of the molecule is COc1ccc(OC)c(-c2csc(NC(=O)CSc3ccccc3F)n2)c1. The summed E-state index contributed by atoms with van der Waals surface area (Å²) in [5.74, 6) is 0.858. The van der Waals surface area contributed by atoms with Crippen LogP contribution in [0.15, 0.2) is 52.7 Å². The summed E-state index contributed by atoms with van der Waals surface area (Å²) < 4.78 is 24.2. The predicted octanol–water partition coefficient (Wildman–Crippen LogP) is 4.70. The van der Waals surface area contributed by atoms with Gasteiger partial charge in [-0.15, -0.1) is 23.1 Å². The quantitative estimate of drug-likeness (QED) is 0.579. The third-order valence-electron chi connectivity index (χ3n) is 3.63. The molecule has 3 aromatic rings. The van der Waals surface area contributed by atoms with Gasteiger partial charge in [-0.1, -0.05) is 12.1 Å². The smallest absolute Gasteiger partial charge is 0.236 e. The summed E-state index contributed by atoms with van der Waals surface area (Å²) in [6, 6.07) is 11.8. The molecule has 0 aliphatic heterocycles. The maximum absolute atomic E-state index is 13.6. The molecular weight excluding hydrogens is 387 g/mol. The van der Waals surface area contributed by atoms with E-state index in [0.717, 1.165) is 17.3 Å². The van der Waals surface area contributed by atoms with Crippen LogP contribution in [0, 0.1) is 5.82 Å². The first kappa shape index (κ1) is 19.2. The van der Waals surface area contributed by atoms with E-state index in [9.17, 15) is 9.18 Å². The Hall–Kier alpha value is -2.58. The maximum Gasteiger partial charge on any atom is 0.236 e. The van der Waals surface area contributed by atoms with Gasteiger partial charge in [-0.2, -0.15) is 0 Å². The minimum Gasteiger partial charge on any atom is -0.497 e. The summed E-state index contributed by atoms with van der Waals surface area (Å²) >= 11 is 2.45. The average Bonchev–Trinajstić information content (AvgIpc) is 3.15. The Labute approximate surface area is 164 Å². The van der Waals surface area contributed by atoms with Crippen LogP contribution in [0.3, 0.4) is 0 Å². The van der Waals surface area contributed by atoms with Crippen LogP contribution in [-0.4, -0.2) is 30.9 Å².